The van der Waals surface area contributed by atoms with Crippen LogP contribution in [0.15, 0.2) is 78.9 Å². The standard InChI is InChI=1S/C27H26N2O3/c1-31-20-14-12-19(13-15-20)26-25-22(21-10-6-7-11-23(21)28-25)16-24(27(30)32-2)29(26)17-18-8-4-3-5-9-18/h3-15,24,26,28H,16-17H2,1-2H3/t24-,26+/m0/s1. The Morgan fingerprint density at radius 2 is 1.69 bits per heavy atom. The maximum atomic E-state index is 13.0. The van der Waals surface area contributed by atoms with Gasteiger partial charge >= 0.3 is 5.97 Å². The Bertz CT molecular complexity index is 1230. The van der Waals surface area contributed by atoms with E-state index >= 15 is 0 Å². The van der Waals surface area contributed by atoms with E-state index in [2.05, 4.69) is 46.3 Å². The van der Waals surface area contributed by atoms with Gasteiger partial charge in [0.15, 0.2) is 0 Å². The molecule has 1 aliphatic heterocycles. The monoisotopic (exact) mass is 426 g/mol. The van der Waals surface area contributed by atoms with Gasteiger partial charge in [-0.15, -0.1) is 0 Å². The van der Waals surface area contributed by atoms with Crippen molar-refractivity contribution >= 4 is 16.9 Å². The number of rotatable bonds is 5. The molecule has 1 aliphatic rings. The predicted octanol–water partition coefficient (Wildman–Crippen LogP) is 4.87. The van der Waals surface area contributed by atoms with Gasteiger partial charge in [-0.2, -0.15) is 0 Å². The van der Waals surface area contributed by atoms with Gasteiger partial charge in [0.25, 0.3) is 0 Å². The zero-order chi connectivity index (χ0) is 22.1. The van der Waals surface area contributed by atoms with Crippen LogP contribution in [0.5, 0.6) is 5.75 Å². The third-order valence-electron chi connectivity index (χ3n) is 6.36. The lowest BCUT2D eigenvalue weighted by Crippen LogP contribution is -2.48. The van der Waals surface area contributed by atoms with Crippen molar-refractivity contribution < 1.29 is 14.3 Å². The quantitative estimate of drug-likeness (QED) is 0.463. The number of para-hydroxylation sites is 1. The minimum Gasteiger partial charge on any atom is -0.497 e. The van der Waals surface area contributed by atoms with Gasteiger partial charge in [0.05, 0.1) is 20.3 Å². The van der Waals surface area contributed by atoms with Crippen LogP contribution in [0.2, 0.25) is 0 Å². The van der Waals surface area contributed by atoms with Crippen LogP contribution in [0, 0.1) is 0 Å². The fourth-order valence-electron chi connectivity index (χ4n) is 4.83. The van der Waals surface area contributed by atoms with E-state index in [1.807, 2.05) is 42.5 Å². The number of nitrogens with one attached hydrogen (secondary N) is 1. The van der Waals surface area contributed by atoms with E-state index in [9.17, 15) is 4.79 Å². The smallest absolute Gasteiger partial charge is 0.323 e. The highest BCUT2D eigenvalue weighted by Crippen LogP contribution is 2.42. The van der Waals surface area contributed by atoms with Gasteiger partial charge < -0.3 is 14.5 Å². The number of H-pyrrole nitrogens is 1. The lowest BCUT2D eigenvalue weighted by Gasteiger charge is -2.41. The van der Waals surface area contributed by atoms with Crippen molar-refractivity contribution in [3.8, 4) is 5.75 Å². The molecule has 2 atom stereocenters. The number of aromatic nitrogens is 1. The normalized spacial score (nSPS) is 18.3. The summed E-state index contributed by atoms with van der Waals surface area (Å²) >= 11 is 0. The van der Waals surface area contributed by atoms with E-state index in [0.717, 1.165) is 33.5 Å². The van der Waals surface area contributed by atoms with Crippen LogP contribution in [-0.2, 0) is 22.5 Å². The van der Waals surface area contributed by atoms with Crippen molar-refractivity contribution in [2.75, 3.05) is 14.2 Å². The summed E-state index contributed by atoms with van der Waals surface area (Å²) < 4.78 is 10.6. The maximum Gasteiger partial charge on any atom is 0.323 e. The molecule has 32 heavy (non-hydrogen) atoms. The Kier molecular flexibility index (Phi) is 5.41. The van der Waals surface area contributed by atoms with E-state index in [-0.39, 0.29) is 18.1 Å². The molecule has 0 fully saturated rings. The van der Waals surface area contributed by atoms with Crippen LogP contribution in [0.4, 0.5) is 0 Å². The van der Waals surface area contributed by atoms with E-state index < -0.39 is 0 Å². The number of methoxy groups -OCH3 is 2. The number of hydrogen-bond acceptors (Lipinski definition) is 4. The summed E-state index contributed by atoms with van der Waals surface area (Å²) in [7, 11) is 3.14. The van der Waals surface area contributed by atoms with Gasteiger partial charge in [0.1, 0.15) is 11.8 Å². The molecule has 5 nitrogen and oxygen atoms in total. The zero-order valence-electron chi connectivity index (χ0n) is 18.2. The first-order valence-electron chi connectivity index (χ1n) is 10.8. The van der Waals surface area contributed by atoms with E-state index in [0.29, 0.717) is 13.0 Å². The van der Waals surface area contributed by atoms with Gasteiger partial charge in [-0.25, -0.2) is 0 Å². The zero-order valence-corrected chi connectivity index (χ0v) is 18.2. The second-order valence-electron chi connectivity index (χ2n) is 8.14. The van der Waals surface area contributed by atoms with Crippen LogP contribution in [0.25, 0.3) is 10.9 Å². The van der Waals surface area contributed by atoms with E-state index in [4.69, 9.17) is 9.47 Å². The molecule has 5 heteroatoms. The highest BCUT2D eigenvalue weighted by atomic mass is 16.5. The summed E-state index contributed by atoms with van der Waals surface area (Å²) in [6, 6.07) is 26.1. The lowest BCUT2D eigenvalue weighted by atomic mass is 9.87. The van der Waals surface area contributed by atoms with Crippen LogP contribution in [0.1, 0.15) is 28.4 Å². The Morgan fingerprint density at radius 1 is 0.969 bits per heavy atom. The largest absolute Gasteiger partial charge is 0.497 e. The third-order valence-corrected chi connectivity index (χ3v) is 6.36. The first kappa shape index (κ1) is 20.3. The summed E-state index contributed by atoms with van der Waals surface area (Å²) in [4.78, 5) is 18.9. The van der Waals surface area contributed by atoms with Gasteiger partial charge in [0.2, 0.25) is 0 Å². The second kappa shape index (κ2) is 8.52. The highest BCUT2D eigenvalue weighted by molar-refractivity contribution is 5.87. The minimum atomic E-state index is -0.390. The third kappa shape index (κ3) is 3.55. The summed E-state index contributed by atoms with van der Waals surface area (Å²) in [5.74, 6) is 0.593. The topological polar surface area (TPSA) is 54.6 Å². The lowest BCUT2D eigenvalue weighted by molar-refractivity contribution is -0.148. The molecule has 1 N–H and O–H groups in total. The van der Waals surface area contributed by atoms with Crippen LogP contribution >= 0.6 is 0 Å². The molecular formula is C27H26N2O3. The fourth-order valence-corrected chi connectivity index (χ4v) is 4.83. The van der Waals surface area contributed by atoms with E-state index in [1.165, 1.54) is 12.7 Å². The number of nitrogens with zero attached hydrogens (tertiary/aromatic N) is 1. The van der Waals surface area contributed by atoms with Gasteiger partial charge in [0, 0.05) is 29.6 Å². The average molecular weight is 427 g/mol. The highest BCUT2D eigenvalue weighted by Gasteiger charge is 2.41. The molecule has 0 bridgehead atoms. The molecule has 1 aromatic heterocycles. The molecule has 0 spiro atoms. The molecule has 0 radical (unpaired) electrons. The maximum absolute atomic E-state index is 13.0. The number of carbonyl (C=O) groups excluding carboxylic acids is 1. The molecular weight excluding hydrogens is 400 g/mol. The van der Waals surface area contributed by atoms with Crippen LogP contribution in [-0.4, -0.2) is 36.1 Å². The molecule has 2 heterocycles. The van der Waals surface area contributed by atoms with Crippen molar-refractivity contribution in [2.45, 2.75) is 25.0 Å². The molecule has 0 aliphatic carbocycles. The Labute approximate surface area is 187 Å². The Hall–Kier alpha value is -3.57. The number of fused-ring (bicyclic) bond motifs is 3. The van der Waals surface area contributed by atoms with Crippen molar-refractivity contribution in [1.29, 1.82) is 0 Å². The van der Waals surface area contributed by atoms with Crippen LogP contribution < -0.4 is 4.74 Å². The van der Waals surface area contributed by atoms with Gasteiger partial charge in [-0.1, -0.05) is 60.7 Å². The average Bonchev–Trinajstić information content (AvgIpc) is 3.22. The summed E-state index contributed by atoms with van der Waals surface area (Å²) in [5.41, 5.74) is 5.65. The predicted molar refractivity (Wildman–Crippen MR) is 125 cm³/mol. The summed E-state index contributed by atoms with van der Waals surface area (Å²) in [6.07, 6.45) is 0.603. The molecule has 0 saturated heterocycles. The number of benzene rings is 3. The summed E-state index contributed by atoms with van der Waals surface area (Å²) in [5, 5.41) is 1.16. The van der Waals surface area contributed by atoms with Gasteiger partial charge in [-0.3, -0.25) is 9.69 Å². The number of carbonyl (C=O) groups is 1. The molecule has 162 valence electrons. The number of hydrogen-bond donors (Lipinski definition) is 1. The van der Waals surface area contributed by atoms with Crippen molar-refractivity contribution in [3.05, 3.63) is 101 Å². The van der Waals surface area contributed by atoms with Crippen molar-refractivity contribution in [1.82, 2.24) is 9.88 Å². The second-order valence-corrected chi connectivity index (χ2v) is 8.14. The molecule has 4 aromatic rings. The van der Waals surface area contributed by atoms with E-state index in [1.54, 1.807) is 7.11 Å². The first-order valence-corrected chi connectivity index (χ1v) is 10.8. The molecule has 0 amide bonds. The Balaban J connectivity index is 1.70. The molecule has 5 rings (SSSR count). The number of ether oxygens (including phenoxy) is 2. The number of esters is 1. The van der Waals surface area contributed by atoms with Gasteiger partial charge in [-0.05, 0) is 34.9 Å². The number of aromatic amines is 1. The van der Waals surface area contributed by atoms with Crippen molar-refractivity contribution in [3.63, 3.8) is 0 Å². The SMILES string of the molecule is COC(=O)[C@@H]1Cc2c([nH]c3ccccc23)[C@@H](c2ccc(OC)cc2)N1Cc1ccccc1. The Morgan fingerprint density at radius 3 is 2.41 bits per heavy atom. The summed E-state index contributed by atoms with van der Waals surface area (Å²) in [6.45, 7) is 0.631. The minimum absolute atomic E-state index is 0.124. The molecule has 0 saturated carbocycles. The molecule has 3 aromatic carbocycles. The van der Waals surface area contributed by atoms with Crippen LogP contribution in [0.3, 0.4) is 0 Å². The fraction of sp³-hybridized carbons (Fsp3) is 0.222. The first-order chi connectivity index (χ1) is 15.7. The molecule has 0 unspecified atom stereocenters. The van der Waals surface area contributed by atoms with Crippen molar-refractivity contribution in [2.24, 2.45) is 0 Å².